The van der Waals surface area contributed by atoms with Crippen molar-refractivity contribution >= 4 is 11.9 Å². The van der Waals surface area contributed by atoms with Crippen LogP contribution in [0, 0.1) is 23.7 Å². The summed E-state index contributed by atoms with van der Waals surface area (Å²) in [4.78, 5) is 24.1. The van der Waals surface area contributed by atoms with E-state index in [0.29, 0.717) is 18.3 Å². The Morgan fingerprint density at radius 1 is 1.39 bits per heavy atom. The SMILES string of the molecule is CCC(C)C(=O)OC1CCC=C2C=C[C@H](C)C(CCC3CC(O)CC(=O)O3)C21. The van der Waals surface area contributed by atoms with Gasteiger partial charge in [-0.25, -0.2) is 0 Å². The molecular weight excluding hydrogens is 356 g/mol. The second-order valence-corrected chi connectivity index (χ2v) is 8.76. The third kappa shape index (κ3) is 4.86. The lowest BCUT2D eigenvalue weighted by Crippen LogP contribution is -2.40. The molecule has 1 saturated heterocycles. The maximum absolute atomic E-state index is 12.4. The van der Waals surface area contributed by atoms with Gasteiger partial charge in [0.25, 0.3) is 0 Å². The Kier molecular flexibility index (Phi) is 6.97. The number of carbonyl (C=O) groups excluding carboxylic acids is 2. The van der Waals surface area contributed by atoms with Crippen LogP contribution in [0.3, 0.4) is 0 Å². The minimum absolute atomic E-state index is 0.0764. The van der Waals surface area contributed by atoms with Crippen LogP contribution in [0.15, 0.2) is 23.8 Å². The first-order chi connectivity index (χ1) is 13.4. The topological polar surface area (TPSA) is 72.8 Å². The van der Waals surface area contributed by atoms with Gasteiger partial charge in [-0.2, -0.15) is 0 Å². The van der Waals surface area contributed by atoms with Crippen LogP contribution in [0.4, 0.5) is 0 Å². The molecule has 1 N–H and O–H groups in total. The van der Waals surface area contributed by atoms with E-state index >= 15 is 0 Å². The Morgan fingerprint density at radius 3 is 2.89 bits per heavy atom. The summed E-state index contributed by atoms with van der Waals surface area (Å²) in [6.45, 7) is 6.14. The average molecular weight is 391 g/mol. The highest BCUT2D eigenvalue weighted by atomic mass is 16.5. The van der Waals surface area contributed by atoms with Crippen LogP contribution in [0.2, 0.25) is 0 Å². The molecule has 0 spiro atoms. The number of allylic oxidation sites excluding steroid dienone is 3. The summed E-state index contributed by atoms with van der Waals surface area (Å²) >= 11 is 0. The normalized spacial score (nSPS) is 36.1. The summed E-state index contributed by atoms with van der Waals surface area (Å²) < 4.78 is 11.4. The molecule has 6 unspecified atom stereocenters. The quantitative estimate of drug-likeness (QED) is 0.695. The number of esters is 2. The van der Waals surface area contributed by atoms with Gasteiger partial charge in [-0.1, -0.05) is 39.0 Å². The molecule has 1 heterocycles. The molecule has 28 heavy (non-hydrogen) atoms. The van der Waals surface area contributed by atoms with E-state index in [-0.39, 0.29) is 42.4 Å². The number of fused-ring (bicyclic) bond motifs is 1. The van der Waals surface area contributed by atoms with Gasteiger partial charge in [-0.15, -0.1) is 0 Å². The van der Waals surface area contributed by atoms with Crippen molar-refractivity contribution in [2.75, 3.05) is 0 Å². The zero-order chi connectivity index (χ0) is 20.3. The number of hydrogen-bond donors (Lipinski definition) is 1. The molecule has 0 aromatic heterocycles. The fourth-order valence-electron chi connectivity index (χ4n) is 4.80. The van der Waals surface area contributed by atoms with Crippen molar-refractivity contribution in [3.05, 3.63) is 23.8 Å². The lowest BCUT2D eigenvalue weighted by atomic mass is 9.66. The van der Waals surface area contributed by atoms with Crippen LogP contribution in [-0.2, 0) is 19.1 Å². The van der Waals surface area contributed by atoms with Gasteiger partial charge < -0.3 is 14.6 Å². The van der Waals surface area contributed by atoms with Crippen LogP contribution < -0.4 is 0 Å². The molecule has 0 aromatic rings. The van der Waals surface area contributed by atoms with Gasteiger partial charge in [-0.3, -0.25) is 9.59 Å². The Morgan fingerprint density at radius 2 is 2.18 bits per heavy atom. The first-order valence-corrected chi connectivity index (χ1v) is 10.8. The molecule has 0 aromatic carbocycles. The van der Waals surface area contributed by atoms with Crippen LogP contribution in [0.1, 0.15) is 65.7 Å². The maximum atomic E-state index is 12.4. The summed E-state index contributed by atoms with van der Waals surface area (Å²) in [7, 11) is 0. The van der Waals surface area contributed by atoms with E-state index in [0.717, 1.165) is 32.1 Å². The fourth-order valence-corrected chi connectivity index (χ4v) is 4.80. The number of aliphatic hydroxyl groups is 1. The summed E-state index contributed by atoms with van der Waals surface area (Å²) in [6.07, 6.45) is 10.6. The van der Waals surface area contributed by atoms with Crippen LogP contribution in [-0.4, -0.2) is 35.4 Å². The number of aliphatic hydroxyl groups excluding tert-OH is 1. The van der Waals surface area contributed by atoms with Gasteiger partial charge in [0.2, 0.25) is 0 Å². The molecule has 5 nitrogen and oxygen atoms in total. The summed E-state index contributed by atoms with van der Waals surface area (Å²) in [6, 6.07) is 0. The highest BCUT2D eigenvalue weighted by Gasteiger charge is 2.40. The van der Waals surface area contributed by atoms with Crippen molar-refractivity contribution in [3.8, 4) is 0 Å². The van der Waals surface area contributed by atoms with Crippen LogP contribution >= 0.6 is 0 Å². The van der Waals surface area contributed by atoms with Gasteiger partial charge in [0.15, 0.2) is 0 Å². The third-order valence-electron chi connectivity index (χ3n) is 6.69. The molecule has 3 aliphatic rings. The second-order valence-electron chi connectivity index (χ2n) is 8.76. The minimum atomic E-state index is -0.593. The molecule has 1 fully saturated rings. The van der Waals surface area contributed by atoms with Gasteiger partial charge in [0.1, 0.15) is 12.2 Å². The first kappa shape index (κ1) is 21.1. The molecule has 3 rings (SSSR count). The van der Waals surface area contributed by atoms with Crippen LogP contribution in [0.5, 0.6) is 0 Å². The molecule has 0 bridgehead atoms. The number of carbonyl (C=O) groups is 2. The number of cyclic esters (lactones) is 1. The molecule has 7 atom stereocenters. The number of ether oxygens (including phenoxy) is 2. The highest BCUT2D eigenvalue weighted by Crippen LogP contribution is 2.44. The highest BCUT2D eigenvalue weighted by molar-refractivity contribution is 5.72. The summed E-state index contributed by atoms with van der Waals surface area (Å²) in [5.74, 6) is 0.426. The van der Waals surface area contributed by atoms with Crippen molar-refractivity contribution < 1.29 is 24.2 Å². The average Bonchev–Trinajstić information content (AvgIpc) is 2.66. The molecule has 1 aliphatic heterocycles. The van der Waals surface area contributed by atoms with Crippen molar-refractivity contribution in [1.29, 1.82) is 0 Å². The Balaban J connectivity index is 1.70. The van der Waals surface area contributed by atoms with E-state index in [2.05, 4.69) is 25.2 Å². The molecule has 0 saturated carbocycles. The Bertz CT molecular complexity index is 637. The number of rotatable bonds is 6. The summed E-state index contributed by atoms with van der Waals surface area (Å²) in [5, 5.41) is 9.86. The van der Waals surface area contributed by atoms with Crippen LogP contribution in [0.25, 0.3) is 0 Å². The fraction of sp³-hybridized carbons (Fsp3) is 0.739. The lowest BCUT2D eigenvalue weighted by molar-refractivity contribution is -0.162. The van der Waals surface area contributed by atoms with Gasteiger partial charge >= 0.3 is 11.9 Å². The standard InChI is InChI=1S/C23H34O5/c1-4-14(2)23(26)28-20-7-5-6-16-9-8-15(3)19(22(16)20)11-10-18-12-17(24)13-21(25)27-18/h6,8-9,14-15,17-20,22,24H,4-5,7,10-13H2,1-3H3/t14?,15-,17?,18?,19?,20?,22?/m0/s1. The van der Waals surface area contributed by atoms with Crippen molar-refractivity contribution in [2.24, 2.45) is 23.7 Å². The molecule has 2 aliphatic carbocycles. The molecule has 0 amide bonds. The minimum Gasteiger partial charge on any atom is -0.462 e. The zero-order valence-electron chi connectivity index (χ0n) is 17.3. The smallest absolute Gasteiger partial charge is 0.308 e. The number of hydrogen-bond acceptors (Lipinski definition) is 5. The largest absolute Gasteiger partial charge is 0.462 e. The molecule has 156 valence electrons. The van der Waals surface area contributed by atoms with Crippen molar-refractivity contribution in [3.63, 3.8) is 0 Å². The van der Waals surface area contributed by atoms with E-state index in [1.165, 1.54) is 5.57 Å². The van der Waals surface area contributed by atoms with Gasteiger partial charge in [0, 0.05) is 12.3 Å². The van der Waals surface area contributed by atoms with E-state index in [1.807, 2.05) is 13.8 Å². The van der Waals surface area contributed by atoms with E-state index in [4.69, 9.17) is 9.47 Å². The first-order valence-electron chi connectivity index (χ1n) is 10.8. The van der Waals surface area contributed by atoms with Crippen molar-refractivity contribution in [2.45, 2.75) is 84.0 Å². The predicted molar refractivity (Wildman–Crippen MR) is 106 cm³/mol. The molecular formula is C23H34O5. The third-order valence-corrected chi connectivity index (χ3v) is 6.69. The Labute approximate surface area is 168 Å². The van der Waals surface area contributed by atoms with E-state index in [9.17, 15) is 14.7 Å². The molecule has 0 radical (unpaired) electrons. The Hall–Kier alpha value is -1.62. The lowest BCUT2D eigenvalue weighted by Gasteiger charge is -2.42. The monoisotopic (exact) mass is 390 g/mol. The maximum Gasteiger partial charge on any atom is 0.308 e. The van der Waals surface area contributed by atoms with E-state index < -0.39 is 6.10 Å². The second kappa shape index (κ2) is 9.25. The van der Waals surface area contributed by atoms with E-state index in [1.54, 1.807) is 0 Å². The predicted octanol–water partition coefficient (Wildman–Crippen LogP) is 3.95. The van der Waals surface area contributed by atoms with Crippen molar-refractivity contribution in [1.82, 2.24) is 0 Å². The van der Waals surface area contributed by atoms with Gasteiger partial charge in [0.05, 0.1) is 18.4 Å². The summed E-state index contributed by atoms with van der Waals surface area (Å²) in [5.41, 5.74) is 1.27. The molecule has 5 heteroatoms. The zero-order valence-corrected chi connectivity index (χ0v) is 17.3. The van der Waals surface area contributed by atoms with Gasteiger partial charge in [-0.05, 0) is 49.5 Å².